The van der Waals surface area contributed by atoms with Crippen LogP contribution in [0.5, 0.6) is 0 Å². The van der Waals surface area contributed by atoms with Crippen LogP contribution in [-0.4, -0.2) is 52.4 Å². The number of unbranched alkanes of at least 4 members (excludes halogenated alkanes) is 2. The molecule has 3 saturated carbocycles. The number of Topliss-reactive ketones (excluding diaryl/α,β-unsaturated/α-hetero) is 1. The zero-order chi connectivity index (χ0) is 24.2. The van der Waals surface area contributed by atoms with Gasteiger partial charge in [0.2, 0.25) is 0 Å². The largest absolute Gasteiger partial charge is 0.390 e. The van der Waals surface area contributed by atoms with Crippen LogP contribution in [0.4, 0.5) is 4.39 Å². The molecule has 2 unspecified atom stereocenters. The van der Waals surface area contributed by atoms with E-state index in [1.54, 1.807) is 13.0 Å². The summed E-state index contributed by atoms with van der Waals surface area (Å²) in [4.78, 5) is 25.3. The minimum absolute atomic E-state index is 0.0825. The Kier molecular flexibility index (Phi) is 6.29. The predicted octanol–water partition coefficient (Wildman–Crippen LogP) is 4.11. The lowest BCUT2D eigenvalue weighted by Crippen LogP contribution is -2.69. The van der Waals surface area contributed by atoms with Gasteiger partial charge < -0.3 is 14.9 Å². The summed E-state index contributed by atoms with van der Waals surface area (Å²) in [5.41, 5.74) is -4.27. The minimum atomic E-state index is -1.93. The molecule has 3 fully saturated rings. The number of alkyl halides is 1. The molecule has 0 spiro atoms. The molecule has 6 heteroatoms. The summed E-state index contributed by atoms with van der Waals surface area (Å²) < 4.78 is 23.7. The molecule has 4 aliphatic rings. The molecule has 184 valence electrons. The molecular formula is C27H39FO5. The maximum Gasteiger partial charge on any atom is 0.190 e. The minimum Gasteiger partial charge on any atom is -0.390 e. The summed E-state index contributed by atoms with van der Waals surface area (Å²) in [5, 5.41) is 21.4. The molecule has 0 aromatic heterocycles. The SMILES string of the molecule is CCCCCO[C@]1(C(=O)CO)C(C)C[C@H]2[C@@H]3CCC4=CC(=O)C=C[C@]4(C)[C@@]3(F)C(O)C[C@@]21C. The molecular weight excluding hydrogens is 423 g/mol. The van der Waals surface area contributed by atoms with Gasteiger partial charge >= 0.3 is 0 Å². The van der Waals surface area contributed by atoms with Gasteiger partial charge in [-0.3, -0.25) is 9.59 Å². The van der Waals surface area contributed by atoms with Crippen LogP contribution in [0.3, 0.4) is 0 Å². The molecule has 4 aliphatic carbocycles. The fourth-order valence-corrected chi connectivity index (χ4v) is 8.21. The molecule has 0 aromatic carbocycles. The summed E-state index contributed by atoms with van der Waals surface area (Å²) in [6.45, 7) is 7.61. The highest BCUT2D eigenvalue weighted by molar-refractivity contribution is 6.01. The summed E-state index contributed by atoms with van der Waals surface area (Å²) in [7, 11) is 0. The zero-order valence-electron chi connectivity index (χ0n) is 20.4. The Morgan fingerprint density at radius 1 is 1.27 bits per heavy atom. The van der Waals surface area contributed by atoms with Gasteiger partial charge in [-0.15, -0.1) is 0 Å². The molecule has 0 amide bonds. The molecule has 0 radical (unpaired) electrons. The Labute approximate surface area is 196 Å². The number of fused-ring (bicyclic) bond motifs is 5. The Bertz CT molecular complexity index is 882. The molecule has 0 aliphatic heterocycles. The van der Waals surface area contributed by atoms with E-state index in [1.165, 1.54) is 12.2 Å². The monoisotopic (exact) mass is 462 g/mol. The summed E-state index contributed by atoms with van der Waals surface area (Å²) >= 11 is 0. The van der Waals surface area contributed by atoms with Gasteiger partial charge in [0.15, 0.2) is 17.2 Å². The van der Waals surface area contributed by atoms with Crippen molar-refractivity contribution in [1.82, 2.24) is 0 Å². The van der Waals surface area contributed by atoms with Crippen LogP contribution in [0.15, 0.2) is 23.8 Å². The van der Waals surface area contributed by atoms with E-state index in [-0.39, 0.29) is 29.8 Å². The Morgan fingerprint density at radius 3 is 2.67 bits per heavy atom. The fraction of sp³-hybridized carbons (Fsp3) is 0.778. The van der Waals surface area contributed by atoms with E-state index in [4.69, 9.17) is 4.74 Å². The molecule has 0 bridgehead atoms. The van der Waals surface area contributed by atoms with Crippen molar-refractivity contribution < 1.29 is 28.9 Å². The molecule has 8 atom stereocenters. The highest BCUT2D eigenvalue weighted by atomic mass is 19.1. The molecule has 33 heavy (non-hydrogen) atoms. The third kappa shape index (κ3) is 3.13. The lowest BCUT2D eigenvalue weighted by Gasteiger charge is -2.63. The van der Waals surface area contributed by atoms with E-state index < -0.39 is 40.7 Å². The standard InChI is InChI=1S/C27H39FO5/c1-5-6-7-12-33-27(23(32)16-29)17(2)13-21-20-9-8-18-14-19(30)10-11-24(18,3)26(20,28)22(31)15-25(21,27)4/h10-11,14,17,20-22,29,31H,5-9,12-13,15-16H2,1-4H3/t17?,20-,21-,22?,24-,25-,26-,27-/m0/s1. The first-order valence-corrected chi connectivity index (χ1v) is 12.6. The molecule has 0 heterocycles. The Morgan fingerprint density at radius 2 is 2.00 bits per heavy atom. The smallest absolute Gasteiger partial charge is 0.190 e. The number of allylic oxidation sites excluding steroid dienone is 4. The van der Waals surface area contributed by atoms with E-state index in [1.807, 2.05) is 13.8 Å². The van der Waals surface area contributed by atoms with Crippen molar-refractivity contribution in [3.05, 3.63) is 23.8 Å². The first-order chi connectivity index (χ1) is 15.5. The number of ketones is 2. The summed E-state index contributed by atoms with van der Waals surface area (Å²) in [6, 6.07) is 0. The van der Waals surface area contributed by atoms with Crippen LogP contribution in [0, 0.1) is 28.6 Å². The summed E-state index contributed by atoms with van der Waals surface area (Å²) in [6.07, 6.45) is 7.90. The van der Waals surface area contributed by atoms with Crippen molar-refractivity contribution in [2.75, 3.05) is 13.2 Å². The maximum atomic E-state index is 17.3. The number of hydrogen-bond donors (Lipinski definition) is 2. The Balaban J connectivity index is 1.77. The molecule has 0 aromatic rings. The lowest BCUT2D eigenvalue weighted by atomic mass is 9.44. The van der Waals surface area contributed by atoms with Gasteiger partial charge in [-0.25, -0.2) is 4.39 Å². The number of carbonyl (C=O) groups excluding carboxylic acids is 2. The van der Waals surface area contributed by atoms with Crippen LogP contribution in [0.2, 0.25) is 0 Å². The van der Waals surface area contributed by atoms with E-state index in [0.29, 0.717) is 25.9 Å². The topological polar surface area (TPSA) is 83.8 Å². The highest BCUT2D eigenvalue weighted by Crippen LogP contribution is 2.71. The lowest BCUT2D eigenvalue weighted by molar-refractivity contribution is -0.229. The van der Waals surface area contributed by atoms with E-state index in [9.17, 15) is 19.8 Å². The van der Waals surface area contributed by atoms with Crippen LogP contribution in [0.1, 0.15) is 72.6 Å². The van der Waals surface area contributed by atoms with E-state index in [0.717, 1.165) is 24.8 Å². The van der Waals surface area contributed by atoms with E-state index >= 15 is 4.39 Å². The average molecular weight is 463 g/mol. The van der Waals surface area contributed by atoms with Gasteiger partial charge in [0.05, 0.1) is 6.10 Å². The van der Waals surface area contributed by atoms with E-state index in [2.05, 4.69) is 6.92 Å². The number of halogens is 1. The second-order valence-electron chi connectivity index (χ2n) is 11.3. The fourth-order valence-electron chi connectivity index (χ4n) is 8.21. The predicted molar refractivity (Wildman–Crippen MR) is 123 cm³/mol. The van der Waals surface area contributed by atoms with Crippen LogP contribution < -0.4 is 0 Å². The second-order valence-corrected chi connectivity index (χ2v) is 11.3. The average Bonchev–Trinajstić information content (AvgIpc) is 2.99. The first-order valence-electron chi connectivity index (χ1n) is 12.6. The third-order valence-corrected chi connectivity index (χ3v) is 9.82. The maximum absolute atomic E-state index is 17.3. The van der Waals surface area contributed by atoms with Crippen molar-refractivity contribution in [3.8, 4) is 0 Å². The van der Waals surface area contributed by atoms with Gasteiger partial charge in [0.1, 0.15) is 12.2 Å². The normalized spacial score (nSPS) is 46.4. The van der Waals surface area contributed by atoms with Gasteiger partial charge in [-0.05, 0) is 63.0 Å². The molecule has 0 saturated heterocycles. The van der Waals surface area contributed by atoms with Crippen LogP contribution in [-0.2, 0) is 14.3 Å². The first kappa shape index (κ1) is 24.7. The Hall–Kier alpha value is -1.37. The molecule has 4 rings (SSSR count). The van der Waals surface area contributed by atoms with Crippen LogP contribution >= 0.6 is 0 Å². The van der Waals surface area contributed by atoms with Crippen molar-refractivity contribution >= 4 is 11.6 Å². The van der Waals surface area contributed by atoms with Gasteiger partial charge in [-0.2, -0.15) is 0 Å². The zero-order valence-corrected chi connectivity index (χ0v) is 20.4. The van der Waals surface area contributed by atoms with Crippen molar-refractivity contribution in [3.63, 3.8) is 0 Å². The van der Waals surface area contributed by atoms with Crippen LogP contribution in [0.25, 0.3) is 0 Å². The number of carbonyl (C=O) groups is 2. The quantitative estimate of drug-likeness (QED) is 0.557. The van der Waals surface area contributed by atoms with Gasteiger partial charge in [0.25, 0.3) is 0 Å². The number of rotatable bonds is 7. The molecule has 5 nitrogen and oxygen atoms in total. The highest BCUT2D eigenvalue weighted by Gasteiger charge is 2.76. The van der Waals surface area contributed by atoms with Crippen molar-refractivity contribution in [2.24, 2.45) is 28.6 Å². The molecule has 2 N–H and O–H groups in total. The second kappa shape index (κ2) is 8.39. The number of hydrogen-bond acceptors (Lipinski definition) is 5. The third-order valence-electron chi connectivity index (χ3n) is 9.82. The summed E-state index contributed by atoms with van der Waals surface area (Å²) in [5.74, 6) is -1.34. The van der Waals surface area contributed by atoms with Crippen molar-refractivity contribution in [1.29, 1.82) is 0 Å². The number of aliphatic hydroxyl groups excluding tert-OH is 2. The van der Waals surface area contributed by atoms with Crippen molar-refractivity contribution in [2.45, 2.75) is 90.0 Å². The van der Waals surface area contributed by atoms with Gasteiger partial charge in [0, 0.05) is 23.4 Å². The number of aliphatic hydroxyl groups is 2. The number of ether oxygens (including phenoxy) is 1. The van der Waals surface area contributed by atoms with Gasteiger partial charge in [-0.1, -0.05) is 45.3 Å².